The van der Waals surface area contributed by atoms with Crippen LogP contribution in [0.3, 0.4) is 0 Å². The number of amidine groups is 1. The number of nitrogens with two attached hydrogens (primary N) is 1. The molecule has 2 aliphatic rings. The van der Waals surface area contributed by atoms with Gasteiger partial charge in [0.15, 0.2) is 5.82 Å². The lowest BCUT2D eigenvalue weighted by atomic mass is 9.80. The second-order valence-corrected chi connectivity index (χ2v) is 7.96. The first-order valence-corrected chi connectivity index (χ1v) is 9.73. The number of aliphatic imine (C=N–C) groups is 1. The summed E-state index contributed by atoms with van der Waals surface area (Å²) in [6, 6.07) is 7.94. The second kappa shape index (κ2) is 6.56. The van der Waals surface area contributed by atoms with Crippen molar-refractivity contribution in [1.29, 1.82) is 0 Å². The van der Waals surface area contributed by atoms with E-state index < -0.39 is 0 Å². The van der Waals surface area contributed by atoms with Gasteiger partial charge in [-0.05, 0) is 49.1 Å². The summed E-state index contributed by atoms with van der Waals surface area (Å²) in [4.78, 5) is 10.3. The van der Waals surface area contributed by atoms with Gasteiger partial charge in [-0.2, -0.15) is 0 Å². The molecule has 2 aromatic heterocycles. The molecule has 0 spiro atoms. The van der Waals surface area contributed by atoms with Gasteiger partial charge >= 0.3 is 0 Å². The highest BCUT2D eigenvalue weighted by Gasteiger charge is 2.31. The molecule has 0 aliphatic carbocycles. The molecule has 4 heterocycles. The first-order valence-electron chi connectivity index (χ1n) is 9.73. The molecule has 8 heteroatoms. The van der Waals surface area contributed by atoms with Crippen LogP contribution < -0.4 is 15.8 Å². The molecule has 0 radical (unpaired) electrons. The first-order chi connectivity index (χ1) is 13.6. The number of rotatable bonds is 3. The molecule has 5 N–H and O–H groups in total. The van der Waals surface area contributed by atoms with Crippen molar-refractivity contribution in [2.45, 2.75) is 19.8 Å². The number of fused-ring (bicyclic) bond motifs is 2. The molecule has 8 nitrogen and oxygen atoms in total. The highest BCUT2D eigenvalue weighted by molar-refractivity contribution is 5.94. The predicted octanol–water partition coefficient (Wildman–Crippen LogP) is 3.20. The molecule has 1 fully saturated rings. The quantitative estimate of drug-likeness (QED) is 0.559. The predicted molar refractivity (Wildman–Crippen MR) is 111 cm³/mol. The molecule has 2 aliphatic heterocycles. The Morgan fingerprint density at radius 1 is 1.25 bits per heavy atom. The van der Waals surface area contributed by atoms with E-state index in [1.807, 2.05) is 30.5 Å². The van der Waals surface area contributed by atoms with Crippen molar-refractivity contribution in [1.82, 2.24) is 20.1 Å². The Morgan fingerprint density at radius 2 is 2.11 bits per heavy atom. The Balaban J connectivity index is 1.33. The van der Waals surface area contributed by atoms with E-state index in [1.165, 1.54) is 0 Å². The van der Waals surface area contributed by atoms with E-state index in [-0.39, 0.29) is 5.41 Å². The van der Waals surface area contributed by atoms with Gasteiger partial charge in [0, 0.05) is 30.2 Å². The molecular formula is C20H25N7O. The fourth-order valence-corrected chi connectivity index (χ4v) is 3.86. The molecular weight excluding hydrogens is 354 g/mol. The number of ether oxygens (including phenoxy) is 1. The lowest BCUT2D eigenvalue weighted by Gasteiger charge is -2.40. The van der Waals surface area contributed by atoms with Crippen LogP contribution in [0.25, 0.3) is 10.9 Å². The number of H-pyrrole nitrogens is 2. The van der Waals surface area contributed by atoms with Crippen molar-refractivity contribution < 1.29 is 4.74 Å². The molecule has 1 aromatic carbocycles. The minimum absolute atomic E-state index is 0.250. The van der Waals surface area contributed by atoms with Crippen LogP contribution in [0.15, 0.2) is 35.5 Å². The van der Waals surface area contributed by atoms with Crippen LogP contribution >= 0.6 is 0 Å². The summed E-state index contributed by atoms with van der Waals surface area (Å²) in [5.41, 5.74) is 8.06. The molecule has 5 rings (SSSR count). The fourth-order valence-electron chi connectivity index (χ4n) is 3.86. The number of hydrogen-bond donors (Lipinski definition) is 4. The number of likely N-dealkylation sites (tertiary alicyclic amines) is 1. The molecule has 146 valence electrons. The third-order valence-corrected chi connectivity index (χ3v) is 5.95. The number of nitrogens with one attached hydrogen (secondary N) is 3. The average molecular weight is 379 g/mol. The van der Waals surface area contributed by atoms with E-state index in [1.54, 1.807) is 0 Å². The zero-order valence-electron chi connectivity index (χ0n) is 16.0. The lowest BCUT2D eigenvalue weighted by molar-refractivity contribution is 0.175. The highest BCUT2D eigenvalue weighted by Crippen LogP contribution is 2.38. The summed E-state index contributed by atoms with van der Waals surface area (Å²) in [6.45, 7) is 5.65. The van der Waals surface area contributed by atoms with Crippen molar-refractivity contribution in [3.8, 4) is 11.6 Å². The SMILES string of the molecule is CC1(CN)CCN(C2=Nc3[nH]nc(Oc4ccc5[nH]ccc5c4)c3NC2)CC1. The van der Waals surface area contributed by atoms with Crippen LogP contribution in [-0.2, 0) is 0 Å². The number of hydrogen-bond acceptors (Lipinski definition) is 6. The van der Waals surface area contributed by atoms with Gasteiger partial charge in [0.1, 0.15) is 17.3 Å². The molecule has 3 aromatic rings. The fraction of sp³-hybridized carbons (Fsp3) is 0.400. The maximum absolute atomic E-state index is 6.00. The Morgan fingerprint density at radius 3 is 2.93 bits per heavy atom. The van der Waals surface area contributed by atoms with Crippen LogP contribution in [0.5, 0.6) is 11.6 Å². The van der Waals surface area contributed by atoms with Gasteiger partial charge in [-0.15, -0.1) is 5.10 Å². The summed E-state index contributed by atoms with van der Waals surface area (Å²) in [6.07, 6.45) is 4.10. The number of aromatic nitrogens is 3. The first kappa shape index (κ1) is 17.1. The van der Waals surface area contributed by atoms with Crippen LogP contribution in [0.2, 0.25) is 0 Å². The topological polar surface area (TPSA) is 107 Å². The number of aromatic amines is 2. The van der Waals surface area contributed by atoms with E-state index in [4.69, 9.17) is 15.5 Å². The van der Waals surface area contributed by atoms with Crippen LogP contribution in [0, 0.1) is 5.41 Å². The Hall–Kier alpha value is -3.00. The van der Waals surface area contributed by atoms with Crippen LogP contribution in [0.1, 0.15) is 19.8 Å². The van der Waals surface area contributed by atoms with Crippen molar-refractivity contribution in [2.75, 3.05) is 31.5 Å². The van der Waals surface area contributed by atoms with Crippen LogP contribution in [0.4, 0.5) is 11.5 Å². The monoisotopic (exact) mass is 379 g/mol. The minimum atomic E-state index is 0.250. The summed E-state index contributed by atoms with van der Waals surface area (Å²) < 4.78 is 6.00. The van der Waals surface area contributed by atoms with E-state index in [2.05, 4.69) is 32.3 Å². The van der Waals surface area contributed by atoms with Gasteiger partial charge in [0.05, 0.1) is 6.54 Å². The molecule has 0 bridgehead atoms. The maximum atomic E-state index is 6.00. The Kier molecular flexibility index (Phi) is 4.01. The van der Waals surface area contributed by atoms with Crippen LogP contribution in [-0.4, -0.2) is 52.1 Å². The average Bonchev–Trinajstić information content (AvgIpc) is 3.35. The van der Waals surface area contributed by atoms with Gasteiger partial charge < -0.3 is 25.7 Å². The molecule has 0 amide bonds. The van der Waals surface area contributed by atoms with Crippen molar-refractivity contribution in [3.05, 3.63) is 30.5 Å². The summed E-state index contributed by atoms with van der Waals surface area (Å²) in [7, 11) is 0. The number of benzene rings is 1. The van der Waals surface area contributed by atoms with Gasteiger partial charge in [0.25, 0.3) is 5.88 Å². The maximum Gasteiger partial charge on any atom is 0.264 e. The molecule has 28 heavy (non-hydrogen) atoms. The highest BCUT2D eigenvalue weighted by atomic mass is 16.5. The summed E-state index contributed by atoms with van der Waals surface area (Å²) >= 11 is 0. The Labute approximate surface area is 163 Å². The molecule has 0 saturated carbocycles. The van der Waals surface area contributed by atoms with E-state index in [9.17, 15) is 0 Å². The largest absolute Gasteiger partial charge is 0.436 e. The van der Waals surface area contributed by atoms with Crippen molar-refractivity contribution in [2.24, 2.45) is 16.1 Å². The standard InChI is InChI=1S/C20H25N7O/c1-20(12-21)5-8-27(9-6-20)16-11-23-17-18(24-16)25-26-19(17)28-14-2-3-15-13(10-14)4-7-22-15/h2-4,7,10,22-23H,5-6,8-9,11-12,21H2,1H3,(H,25,26). The molecule has 1 saturated heterocycles. The zero-order chi connectivity index (χ0) is 19.1. The number of piperidine rings is 1. The normalized spacial score (nSPS) is 18.5. The smallest absolute Gasteiger partial charge is 0.264 e. The second-order valence-electron chi connectivity index (χ2n) is 7.96. The lowest BCUT2D eigenvalue weighted by Crippen LogP contribution is -2.46. The van der Waals surface area contributed by atoms with Crippen molar-refractivity contribution >= 4 is 28.2 Å². The summed E-state index contributed by atoms with van der Waals surface area (Å²) in [5.74, 6) is 3.01. The van der Waals surface area contributed by atoms with E-state index in [0.29, 0.717) is 18.2 Å². The van der Waals surface area contributed by atoms with Gasteiger partial charge in [0.2, 0.25) is 0 Å². The summed E-state index contributed by atoms with van der Waals surface area (Å²) in [5, 5.41) is 11.8. The molecule has 0 unspecified atom stereocenters. The minimum Gasteiger partial charge on any atom is -0.436 e. The molecule has 0 atom stereocenters. The van der Waals surface area contributed by atoms with Gasteiger partial charge in [-0.25, -0.2) is 4.99 Å². The van der Waals surface area contributed by atoms with E-state index >= 15 is 0 Å². The number of anilines is 1. The Bertz CT molecular complexity index is 1030. The third kappa shape index (κ3) is 2.99. The van der Waals surface area contributed by atoms with E-state index in [0.717, 1.165) is 60.7 Å². The number of nitrogens with zero attached hydrogens (tertiary/aromatic N) is 3. The zero-order valence-corrected chi connectivity index (χ0v) is 16.0. The van der Waals surface area contributed by atoms with Crippen molar-refractivity contribution in [3.63, 3.8) is 0 Å². The van der Waals surface area contributed by atoms with Gasteiger partial charge in [-0.1, -0.05) is 6.92 Å². The van der Waals surface area contributed by atoms with Gasteiger partial charge in [-0.3, -0.25) is 5.10 Å². The third-order valence-electron chi connectivity index (χ3n) is 5.95.